The van der Waals surface area contributed by atoms with Crippen LogP contribution in [0.5, 0.6) is 0 Å². The van der Waals surface area contributed by atoms with Gasteiger partial charge in [-0.25, -0.2) is 0 Å². The van der Waals surface area contributed by atoms with Crippen LogP contribution in [0.4, 0.5) is 0 Å². The van der Waals surface area contributed by atoms with E-state index < -0.39 is 0 Å². The summed E-state index contributed by atoms with van der Waals surface area (Å²) in [5.41, 5.74) is 8.60. The van der Waals surface area contributed by atoms with Gasteiger partial charge in [-0.3, -0.25) is 0 Å². The number of aryl methyl sites for hydroxylation is 4. The van der Waals surface area contributed by atoms with Crippen LogP contribution in [-0.2, 0) is 12.8 Å². The zero-order valence-electron chi connectivity index (χ0n) is 12.0. The minimum atomic E-state index is 1.16. The fourth-order valence-corrected chi connectivity index (χ4v) is 3.49. The maximum Gasteiger partial charge on any atom is -0.0143 e. The van der Waals surface area contributed by atoms with E-state index in [1.165, 1.54) is 44.2 Å². The Morgan fingerprint density at radius 2 is 1.45 bits per heavy atom. The van der Waals surface area contributed by atoms with Gasteiger partial charge in [-0.1, -0.05) is 59.7 Å². The summed E-state index contributed by atoms with van der Waals surface area (Å²) in [6.45, 7) is 4.34. The van der Waals surface area contributed by atoms with Crippen molar-refractivity contribution in [3.8, 4) is 11.1 Å². The molecule has 0 amide bonds. The van der Waals surface area contributed by atoms with Crippen molar-refractivity contribution in [2.45, 2.75) is 26.7 Å². The molecule has 1 aliphatic carbocycles. The van der Waals surface area contributed by atoms with Crippen molar-refractivity contribution < 1.29 is 0 Å². The van der Waals surface area contributed by atoms with Gasteiger partial charge in [-0.05, 0) is 59.7 Å². The third-order valence-electron chi connectivity index (χ3n) is 4.48. The summed E-state index contributed by atoms with van der Waals surface area (Å²) in [4.78, 5) is 0. The van der Waals surface area contributed by atoms with Gasteiger partial charge < -0.3 is 0 Å². The largest absolute Gasteiger partial charge is 0.0587 e. The third kappa shape index (κ3) is 1.68. The van der Waals surface area contributed by atoms with E-state index in [0.29, 0.717) is 0 Å². The highest BCUT2D eigenvalue weighted by atomic mass is 14.2. The van der Waals surface area contributed by atoms with E-state index in [9.17, 15) is 0 Å². The van der Waals surface area contributed by atoms with Gasteiger partial charge in [0.2, 0.25) is 0 Å². The molecular weight excluding hydrogens is 240 g/mol. The Kier molecular flexibility index (Phi) is 2.47. The highest BCUT2D eigenvalue weighted by molar-refractivity contribution is 5.93. The predicted octanol–water partition coefficient (Wildman–Crippen LogP) is 5.22. The minimum absolute atomic E-state index is 1.16. The number of fused-ring (bicyclic) bond motifs is 5. The van der Waals surface area contributed by atoms with Crippen LogP contribution in [0.2, 0.25) is 0 Å². The molecule has 0 saturated carbocycles. The summed E-state index contributed by atoms with van der Waals surface area (Å²) in [6.07, 6.45) is 2.32. The SMILES string of the molecule is Cc1ccc2c(c1)CCc1c-2ccc2cc(C)ccc12. The van der Waals surface area contributed by atoms with Crippen LogP contribution in [-0.4, -0.2) is 0 Å². The molecule has 0 saturated heterocycles. The Bertz CT molecular complexity index is 825. The van der Waals surface area contributed by atoms with E-state index in [-0.39, 0.29) is 0 Å². The first-order chi connectivity index (χ1) is 9.72. The number of hydrogen-bond acceptors (Lipinski definition) is 0. The lowest BCUT2D eigenvalue weighted by molar-refractivity contribution is 0.948. The molecule has 0 bridgehead atoms. The first-order valence-electron chi connectivity index (χ1n) is 7.34. The molecule has 0 heteroatoms. The summed E-state index contributed by atoms with van der Waals surface area (Å²) in [6, 6.07) is 18.3. The predicted molar refractivity (Wildman–Crippen MR) is 86.3 cm³/mol. The molecule has 0 aromatic heterocycles. The van der Waals surface area contributed by atoms with Gasteiger partial charge in [0.05, 0.1) is 0 Å². The highest BCUT2D eigenvalue weighted by Crippen LogP contribution is 2.37. The fraction of sp³-hybridized carbons (Fsp3) is 0.200. The lowest BCUT2D eigenvalue weighted by Crippen LogP contribution is -2.05. The zero-order chi connectivity index (χ0) is 13.7. The van der Waals surface area contributed by atoms with Crippen molar-refractivity contribution in [1.29, 1.82) is 0 Å². The van der Waals surface area contributed by atoms with E-state index in [0.717, 1.165) is 12.8 Å². The monoisotopic (exact) mass is 258 g/mol. The van der Waals surface area contributed by atoms with E-state index in [4.69, 9.17) is 0 Å². The summed E-state index contributed by atoms with van der Waals surface area (Å²) < 4.78 is 0. The Hall–Kier alpha value is -2.08. The van der Waals surface area contributed by atoms with Crippen LogP contribution >= 0.6 is 0 Å². The molecule has 3 aromatic carbocycles. The number of rotatable bonds is 0. The van der Waals surface area contributed by atoms with E-state index in [1.54, 1.807) is 0 Å². The molecule has 20 heavy (non-hydrogen) atoms. The van der Waals surface area contributed by atoms with Gasteiger partial charge in [0.15, 0.2) is 0 Å². The molecule has 0 N–H and O–H groups in total. The van der Waals surface area contributed by atoms with Crippen LogP contribution in [0, 0.1) is 13.8 Å². The van der Waals surface area contributed by atoms with E-state index in [1.807, 2.05) is 0 Å². The second kappa shape index (κ2) is 4.21. The second-order valence-corrected chi connectivity index (χ2v) is 5.98. The van der Waals surface area contributed by atoms with Crippen molar-refractivity contribution in [1.82, 2.24) is 0 Å². The van der Waals surface area contributed by atoms with Crippen molar-refractivity contribution in [3.05, 3.63) is 70.8 Å². The normalized spacial score (nSPS) is 13.1. The first kappa shape index (κ1) is 11.7. The summed E-state index contributed by atoms with van der Waals surface area (Å²) in [5, 5.41) is 2.80. The number of benzene rings is 3. The quantitative estimate of drug-likeness (QED) is 0.518. The van der Waals surface area contributed by atoms with E-state index in [2.05, 4.69) is 62.4 Å². The molecule has 4 rings (SSSR count). The average molecular weight is 258 g/mol. The standard InChI is InChI=1S/C20H18/c1-13-3-7-17-15(11-13)5-9-20-18-8-4-14(2)12-16(18)6-10-19(17)20/h3-5,7-9,11-12H,6,10H2,1-2H3. The first-order valence-corrected chi connectivity index (χ1v) is 7.34. The van der Waals surface area contributed by atoms with Crippen LogP contribution in [0.3, 0.4) is 0 Å². The van der Waals surface area contributed by atoms with Crippen molar-refractivity contribution in [2.75, 3.05) is 0 Å². The van der Waals surface area contributed by atoms with Crippen LogP contribution in [0.25, 0.3) is 21.9 Å². The molecule has 1 aliphatic rings. The molecule has 0 radical (unpaired) electrons. The smallest absolute Gasteiger partial charge is 0.0143 e. The Morgan fingerprint density at radius 1 is 0.700 bits per heavy atom. The Balaban J connectivity index is 2.03. The van der Waals surface area contributed by atoms with Crippen LogP contribution in [0.1, 0.15) is 22.3 Å². The summed E-state index contributed by atoms with van der Waals surface area (Å²) >= 11 is 0. The molecular formula is C20H18. The van der Waals surface area contributed by atoms with Gasteiger partial charge in [0.1, 0.15) is 0 Å². The van der Waals surface area contributed by atoms with Gasteiger partial charge in [0.25, 0.3) is 0 Å². The molecule has 98 valence electrons. The minimum Gasteiger partial charge on any atom is -0.0587 e. The molecule has 0 atom stereocenters. The molecule has 0 unspecified atom stereocenters. The third-order valence-corrected chi connectivity index (χ3v) is 4.48. The van der Waals surface area contributed by atoms with Crippen molar-refractivity contribution >= 4 is 10.8 Å². The topological polar surface area (TPSA) is 0 Å². The molecule has 0 heterocycles. The van der Waals surface area contributed by atoms with Gasteiger partial charge >= 0.3 is 0 Å². The Morgan fingerprint density at radius 3 is 2.35 bits per heavy atom. The number of hydrogen-bond donors (Lipinski definition) is 0. The molecule has 0 spiro atoms. The Labute approximate surface area is 120 Å². The molecule has 0 fully saturated rings. The maximum absolute atomic E-state index is 2.34. The molecule has 0 aliphatic heterocycles. The van der Waals surface area contributed by atoms with Gasteiger partial charge in [-0.15, -0.1) is 0 Å². The molecule has 3 aromatic rings. The zero-order valence-corrected chi connectivity index (χ0v) is 12.0. The fourth-order valence-electron chi connectivity index (χ4n) is 3.49. The summed E-state index contributed by atoms with van der Waals surface area (Å²) in [5.74, 6) is 0. The molecule has 0 nitrogen and oxygen atoms in total. The van der Waals surface area contributed by atoms with Crippen LogP contribution < -0.4 is 0 Å². The second-order valence-electron chi connectivity index (χ2n) is 5.98. The van der Waals surface area contributed by atoms with Crippen molar-refractivity contribution in [2.24, 2.45) is 0 Å². The lowest BCUT2D eigenvalue weighted by Gasteiger charge is -2.22. The van der Waals surface area contributed by atoms with Crippen LogP contribution in [0.15, 0.2) is 48.5 Å². The van der Waals surface area contributed by atoms with E-state index >= 15 is 0 Å². The lowest BCUT2D eigenvalue weighted by atomic mass is 9.82. The highest BCUT2D eigenvalue weighted by Gasteiger charge is 2.17. The maximum atomic E-state index is 2.34. The summed E-state index contributed by atoms with van der Waals surface area (Å²) in [7, 11) is 0. The van der Waals surface area contributed by atoms with Crippen molar-refractivity contribution in [3.63, 3.8) is 0 Å². The average Bonchev–Trinajstić information content (AvgIpc) is 2.45. The van der Waals surface area contributed by atoms with Gasteiger partial charge in [0, 0.05) is 0 Å². The van der Waals surface area contributed by atoms with Gasteiger partial charge in [-0.2, -0.15) is 0 Å².